The van der Waals surface area contributed by atoms with Crippen molar-refractivity contribution in [3.63, 3.8) is 0 Å². The number of oxazole rings is 1. The molecule has 2 heterocycles. The van der Waals surface area contributed by atoms with Gasteiger partial charge >= 0.3 is 0 Å². The van der Waals surface area contributed by atoms with Gasteiger partial charge in [0.25, 0.3) is 0 Å². The molecule has 2 aromatic rings. The number of rotatable bonds is 4. The molecule has 18 heavy (non-hydrogen) atoms. The third kappa shape index (κ3) is 2.11. The maximum absolute atomic E-state index is 5.72. The van der Waals surface area contributed by atoms with Crippen LogP contribution in [-0.2, 0) is 12.8 Å². The summed E-state index contributed by atoms with van der Waals surface area (Å²) in [6, 6.07) is 6.13. The minimum Gasteiger partial charge on any atom is -0.493 e. The summed E-state index contributed by atoms with van der Waals surface area (Å²) in [6.07, 6.45) is 4.45. The van der Waals surface area contributed by atoms with E-state index in [1.807, 2.05) is 12.1 Å². The number of nitrogens with two attached hydrogens (primary N) is 1. The highest BCUT2D eigenvalue weighted by Gasteiger charge is 2.14. The predicted molar refractivity (Wildman–Crippen MR) is 68.5 cm³/mol. The van der Waals surface area contributed by atoms with Gasteiger partial charge in [-0.15, -0.1) is 0 Å². The van der Waals surface area contributed by atoms with E-state index in [0.29, 0.717) is 6.54 Å². The summed E-state index contributed by atoms with van der Waals surface area (Å²) >= 11 is 0. The normalized spacial score (nSPS) is 13.4. The van der Waals surface area contributed by atoms with Gasteiger partial charge in [-0.2, -0.15) is 0 Å². The highest BCUT2D eigenvalue weighted by molar-refractivity contribution is 5.60. The zero-order chi connectivity index (χ0) is 12.4. The molecule has 0 spiro atoms. The van der Waals surface area contributed by atoms with Crippen molar-refractivity contribution in [2.45, 2.75) is 19.3 Å². The van der Waals surface area contributed by atoms with Crippen molar-refractivity contribution in [1.29, 1.82) is 0 Å². The first-order chi connectivity index (χ1) is 8.86. The van der Waals surface area contributed by atoms with Crippen LogP contribution in [0.15, 0.2) is 28.8 Å². The molecule has 0 unspecified atom stereocenters. The molecule has 0 aliphatic carbocycles. The Balaban J connectivity index is 1.83. The van der Waals surface area contributed by atoms with Crippen LogP contribution in [0.2, 0.25) is 0 Å². The van der Waals surface area contributed by atoms with E-state index < -0.39 is 0 Å². The van der Waals surface area contributed by atoms with Crippen molar-refractivity contribution < 1.29 is 9.15 Å². The summed E-state index contributed by atoms with van der Waals surface area (Å²) in [6.45, 7) is 1.44. The van der Waals surface area contributed by atoms with Crippen LogP contribution in [0.4, 0.5) is 0 Å². The van der Waals surface area contributed by atoms with Gasteiger partial charge in [-0.25, -0.2) is 4.98 Å². The van der Waals surface area contributed by atoms with Gasteiger partial charge in [0.15, 0.2) is 11.7 Å². The molecule has 0 amide bonds. The van der Waals surface area contributed by atoms with E-state index in [-0.39, 0.29) is 0 Å². The summed E-state index contributed by atoms with van der Waals surface area (Å²) in [4.78, 5) is 4.27. The molecule has 1 aromatic heterocycles. The lowest BCUT2D eigenvalue weighted by Crippen LogP contribution is -2.00. The molecule has 0 bridgehead atoms. The lowest BCUT2D eigenvalue weighted by molar-refractivity contribution is 0.357. The second-order valence-electron chi connectivity index (χ2n) is 4.43. The van der Waals surface area contributed by atoms with Crippen LogP contribution in [-0.4, -0.2) is 18.1 Å². The van der Waals surface area contributed by atoms with E-state index in [0.717, 1.165) is 48.8 Å². The van der Waals surface area contributed by atoms with Gasteiger partial charge in [-0.05, 0) is 36.7 Å². The van der Waals surface area contributed by atoms with Gasteiger partial charge in [0.2, 0.25) is 0 Å². The Labute approximate surface area is 106 Å². The monoisotopic (exact) mass is 244 g/mol. The highest BCUT2D eigenvalue weighted by atomic mass is 16.5. The largest absolute Gasteiger partial charge is 0.493 e. The van der Waals surface area contributed by atoms with Crippen LogP contribution in [0.1, 0.15) is 17.9 Å². The van der Waals surface area contributed by atoms with Crippen molar-refractivity contribution in [2.75, 3.05) is 13.2 Å². The van der Waals surface area contributed by atoms with Crippen molar-refractivity contribution in [3.8, 4) is 17.1 Å². The Morgan fingerprint density at radius 1 is 1.33 bits per heavy atom. The molecule has 0 saturated heterocycles. The van der Waals surface area contributed by atoms with Crippen LogP contribution in [0.3, 0.4) is 0 Å². The molecular formula is C14H16N2O2. The topological polar surface area (TPSA) is 61.3 Å². The van der Waals surface area contributed by atoms with Crippen LogP contribution in [0.5, 0.6) is 5.75 Å². The predicted octanol–water partition coefficient (Wildman–Crippen LogP) is 2.17. The first-order valence-corrected chi connectivity index (χ1v) is 6.27. The Morgan fingerprint density at radius 3 is 3.17 bits per heavy atom. The van der Waals surface area contributed by atoms with Crippen molar-refractivity contribution in [3.05, 3.63) is 35.9 Å². The summed E-state index contributed by atoms with van der Waals surface area (Å²) in [5, 5.41) is 0. The third-order valence-corrected chi connectivity index (χ3v) is 3.12. The Bertz CT molecular complexity index is 548. The molecule has 4 heteroatoms. The highest BCUT2D eigenvalue weighted by Crippen LogP contribution is 2.30. The number of nitrogens with zero attached hydrogens (tertiary/aromatic N) is 1. The molecule has 4 nitrogen and oxygen atoms in total. The zero-order valence-electron chi connectivity index (χ0n) is 10.2. The number of fused-ring (bicyclic) bond motifs is 1. The smallest absolute Gasteiger partial charge is 0.194 e. The summed E-state index contributed by atoms with van der Waals surface area (Å²) in [7, 11) is 0. The first-order valence-electron chi connectivity index (χ1n) is 6.27. The van der Waals surface area contributed by atoms with E-state index in [2.05, 4.69) is 11.1 Å². The number of hydrogen-bond donors (Lipinski definition) is 1. The van der Waals surface area contributed by atoms with Crippen LogP contribution in [0, 0.1) is 0 Å². The lowest BCUT2D eigenvalue weighted by Gasteiger charge is -2.00. The molecular weight excluding hydrogens is 228 g/mol. The van der Waals surface area contributed by atoms with Gasteiger partial charge in [-0.1, -0.05) is 0 Å². The number of aryl methyl sites for hydroxylation is 1. The van der Waals surface area contributed by atoms with E-state index in [1.165, 1.54) is 5.56 Å². The number of benzene rings is 1. The molecule has 1 aliphatic rings. The minimum atomic E-state index is 0.661. The van der Waals surface area contributed by atoms with Gasteiger partial charge in [0.1, 0.15) is 5.75 Å². The molecule has 94 valence electrons. The summed E-state index contributed by atoms with van der Waals surface area (Å²) in [5.74, 6) is 2.56. The first kappa shape index (κ1) is 11.3. The second kappa shape index (κ2) is 4.82. The number of ether oxygens (including phenoxy) is 1. The van der Waals surface area contributed by atoms with Crippen molar-refractivity contribution >= 4 is 0 Å². The third-order valence-electron chi connectivity index (χ3n) is 3.12. The maximum atomic E-state index is 5.72. The van der Waals surface area contributed by atoms with Crippen LogP contribution < -0.4 is 10.5 Å². The molecule has 2 N–H and O–H groups in total. The van der Waals surface area contributed by atoms with E-state index >= 15 is 0 Å². The number of hydrogen-bond acceptors (Lipinski definition) is 4. The molecule has 0 atom stereocenters. The molecule has 0 fully saturated rings. The van der Waals surface area contributed by atoms with Gasteiger partial charge < -0.3 is 14.9 Å². The average Bonchev–Trinajstić information content (AvgIpc) is 3.04. The van der Waals surface area contributed by atoms with Crippen LogP contribution in [0.25, 0.3) is 11.3 Å². The number of aromatic nitrogens is 1. The lowest BCUT2D eigenvalue weighted by atomic mass is 10.1. The average molecular weight is 244 g/mol. The van der Waals surface area contributed by atoms with E-state index in [9.17, 15) is 0 Å². The van der Waals surface area contributed by atoms with E-state index in [1.54, 1.807) is 6.20 Å². The van der Waals surface area contributed by atoms with E-state index in [4.69, 9.17) is 14.9 Å². The molecule has 0 saturated carbocycles. The zero-order valence-corrected chi connectivity index (χ0v) is 10.2. The Morgan fingerprint density at radius 2 is 2.28 bits per heavy atom. The summed E-state index contributed by atoms with van der Waals surface area (Å²) < 4.78 is 11.2. The second-order valence-corrected chi connectivity index (χ2v) is 4.43. The van der Waals surface area contributed by atoms with Gasteiger partial charge in [0, 0.05) is 18.4 Å². The van der Waals surface area contributed by atoms with Gasteiger partial charge in [0.05, 0.1) is 12.8 Å². The van der Waals surface area contributed by atoms with Gasteiger partial charge in [-0.3, -0.25) is 0 Å². The maximum Gasteiger partial charge on any atom is 0.194 e. The molecule has 0 radical (unpaired) electrons. The standard InChI is InChI=1S/C14H16N2O2/c15-6-1-2-14-16-9-13(18-14)10-3-4-12-11(8-10)5-7-17-12/h3-4,8-9H,1-2,5-7,15H2. The fourth-order valence-electron chi connectivity index (χ4n) is 2.15. The van der Waals surface area contributed by atoms with Crippen molar-refractivity contribution in [1.82, 2.24) is 4.98 Å². The Hall–Kier alpha value is -1.81. The minimum absolute atomic E-state index is 0.661. The summed E-state index contributed by atoms with van der Waals surface area (Å²) in [5.41, 5.74) is 7.78. The fourth-order valence-corrected chi connectivity index (χ4v) is 2.15. The SMILES string of the molecule is NCCCc1ncc(-c2ccc3c(c2)CCO3)o1. The molecule has 3 rings (SSSR count). The Kier molecular flexibility index (Phi) is 3.02. The van der Waals surface area contributed by atoms with Crippen molar-refractivity contribution in [2.24, 2.45) is 5.73 Å². The quantitative estimate of drug-likeness (QED) is 0.895. The van der Waals surface area contributed by atoms with Crippen LogP contribution >= 0.6 is 0 Å². The fraction of sp³-hybridized carbons (Fsp3) is 0.357. The molecule has 1 aromatic carbocycles. The molecule has 1 aliphatic heterocycles.